The summed E-state index contributed by atoms with van der Waals surface area (Å²) in [5, 5.41) is 0. The van der Waals surface area contributed by atoms with E-state index in [1.165, 1.54) is 12.8 Å². The Morgan fingerprint density at radius 1 is 1.24 bits per heavy atom. The Kier molecular flexibility index (Phi) is 3.51. The van der Waals surface area contributed by atoms with E-state index in [0.717, 1.165) is 29.8 Å². The van der Waals surface area contributed by atoms with Crippen molar-refractivity contribution < 1.29 is 4.42 Å². The number of rotatable bonds is 5. The van der Waals surface area contributed by atoms with Crippen LogP contribution in [0.15, 0.2) is 28.7 Å². The van der Waals surface area contributed by atoms with E-state index in [1.54, 1.807) is 0 Å². The average Bonchev–Trinajstić information content (AvgIpc) is 2.80. The Balaban J connectivity index is 2.35. The molecule has 0 aliphatic heterocycles. The molecule has 17 heavy (non-hydrogen) atoms. The highest BCUT2D eigenvalue weighted by Gasteiger charge is 2.29. The van der Waals surface area contributed by atoms with Crippen LogP contribution in [-0.4, -0.2) is 4.98 Å². The van der Waals surface area contributed by atoms with Crippen molar-refractivity contribution in [2.45, 2.75) is 51.9 Å². The van der Waals surface area contributed by atoms with Gasteiger partial charge in [-0.3, -0.25) is 0 Å². The quantitative estimate of drug-likeness (QED) is 0.746. The van der Waals surface area contributed by atoms with Gasteiger partial charge < -0.3 is 4.42 Å². The number of oxazole rings is 1. The van der Waals surface area contributed by atoms with Crippen molar-refractivity contribution in [1.29, 1.82) is 0 Å². The minimum absolute atomic E-state index is 0.0784. The molecule has 0 spiro atoms. The predicted octanol–water partition coefficient (Wildman–Crippen LogP) is 4.69. The normalized spacial score (nSPS) is 15.0. The second-order valence-electron chi connectivity index (χ2n) is 5.00. The van der Waals surface area contributed by atoms with Gasteiger partial charge in [0.1, 0.15) is 5.52 Å². The fourth-order valence-corrected chi connectivity index (χ4v) is 2.13. The summed E-state index contributed by atoms with van der Waals surface area (Å²) in [6, 6.07) is 8.00. The lowest BCUT2D eigenvalue weighted by molar-refractivity contribution is 0.317. The molecule has 2 aromatic rings. The van der Waals surface area contributed by atoms with Crippen molar-refractivity contribution >= 4 is 11.1 Å². The number of nitrogens with zero attached hydrogens (tertiary/aromatic N) is 1. The lowest BCUT2D eigenvalue weighted by Gasteiger charge is -2.24. The van der Waals surface area contributed by atoms with E-state index < -0.39 is 0 Å². The van der Waals surface area contributed by atoms with Crippen LogP contribution in [0, 0.1) is 0 Å². The van der Waals surface area contributed by atoms with Crippen molar-refractivity contribution in [3.05, 3.63) is 30.2 Å². The number of hydrogen-bond acceptors (Lipinski definition) is 2. The molecule has 2 nitrogen and oxygen atoms in total. The number of fused-ring (bicyclic) bond motifs is 1. The summed E-state index contributed by atoms with van der Waals surface area (Å²) >= 11 is 0. The summed E-state index contributed by atoms with van der Waals surface area (Å²) in [5.41, 5.74) is 1.95. The molecule has 0 radical (unpaired) electrons. The number of unbranched alkanes of at least 4 members (excludes halogenated alkanes) is 1. The molecule has 1 aromatic carbocycles. The van der Waals surface area contributed by atoms with Gasteiger partial charge >= 0.3 is 0 Å². The molecule has 0 bridgehead atoms. The van der Waals surface area contributed by atoms with Crippen molar-refractivity contribution in [1.82, 2.24) is 4.98 Å². The Hall–Kier alpha value is -1.31. The number of hydrogen-bond donors (Lipinski definition) is 0. The summed E-state index contributed by atoms with van der Waals surface area (Å²) < 4.78 is 5.91. The van der Waals surface area contributed by atoms with Crippen LogP contribution in [-0.2, 0) is 5.41 Å². The first-order valence-electron chi connectivity index (χ1n) is 6.55. The van der Waals surface area contributed by atoms with Crippen LogP contribution in [0.3, 0.4) is 0 Å². The van der Waals surface area contributed by atoms with Gasteiger partial charge in [-0.25, -0.2) is 4.98 Å². The highest BCUT2D eigenvalue weighted by atomic mass is 16.3. The molecular weight excluding hydrogens is 210 g/mol. The second kappa shape index (κ2) is 4.91. The maximum atomic E-state index is 5.91. The van der Waals surface area contributed by atoms with E-state index in [-0.39, 0.29) is 5.41 Å². The summed E-state index contributed by atoms with van der Waals surface area (Å²) in [7, 11) is 0. The summed E-state index contributed by atoms with van der Waals surface area (Å²) in [6.07, 6.45) is 4.66. The highest BCUT2D eigenvalue weighted by molar-refractivity contribution is 5.72. The minimum atomic E-state index is 0.0784. The first kappa shape index (κ1) is 12.2. The lowest BCUT2D eigenvalue weighted by Crippen LogP contribution is -2.21. The lowest BCUT2D eigenvalue weighted by atomic mass is 9.82. The smallest absolute Gasteiger partial charge is 0.201 e. The minimum Gasteiger partial charge on any atom is -0.440 e. The number of aromatic nitrogens is 1. The zero-order chi connectivity index (χ0) is 12.3. The molecule has 0 saturated heterocycles. The molecule has 2 heteroatoms. The average molecular weight is 231 g/mol. The molecule has 1 aromatic heterocycles. The third-order valence-electron chi connectivity index (χ3n) is 3.67. The van der Waals surface area contributed by atoms with Gasteiger partial charge in [0.15, 0.2) is 5.58 Å². The summed E-state index contributed by atoms with van der Waals surface area (Å²) in [6.45, 7) is 6.69. The van der Waals surface area contributed by atoms with Crippen molar-refractivity contribution in [3.8, 4) is 0 Å². The van der Waals surface area contributed by atoms with Crippen molar-refractivity contribution in [2.75, 3.05) is 0 Å². The fraction of sp³-hybridized carbons (Fsp3) is 0.533. The maximum absolute atomic E-state index is 5.91. The van der Waals surface area contributed by atoms with Gasteiger partial charge in [-0.15, -0.1) is 0 Å². The summed E-state index contributed by atoms with van der Waals surface area (Å²) in [4.78, 5) is 4.64. The zero-order valence-electron chi connectivity index (χ0n) is 11.0. The molecule has 1 atom stereocenters. The van der Waals surface area contributed by atoms with Crippen LogP contribution in [0.25, 0.3) is 11.1 Å². The standard InChI is InChI=1S/C15H21NO/c1-4-6-11-15(3,5-2)14-16-12-9-7-8-10-13(12)17-14/h7-10H,4-6,11H2,1-3H3. The van der Waals surface area contributed by atoms with Gasteiger partial charge in [0.25, 0.3) is 0 Å². The van der Waals surface area contributed by atoms with E-state index in [4.69, 9.17) is 4.42 Å². The fourth-order valence-electron chi connectivity index (χ4n) is 2.13. The molecule has 0 N–H and O–H groups in total. The molecular formula is C15H21NO. The third-order valence-corrected chi connectivity index (χ3v) is 3.67. The molecule has 0 saturated carbocycles. The topological polar surface area (TPSA) is 26.0 Å². The van der Waals surface area contributed by atoms with Crippen LogP contribution in [0.1, 0.15) is 52.3 Å². The SMILES string of the molecule is CCCCC(C)(CC)c1nc2ccccc2o1. The Bertz CT molecular complexity index is 455. The van der Waals surface area contributed by atoms with Gasteiger partial charge in [0.05, 0.1) is 0 Å². The molecule has 0 amide bonds. The largest absolute Gasteiger partial charge is 0.440 e. The molecule has 0 fully saturated rings. The third kappa shape index (κ3) is 2.36. The van der Waals surface area contributed by atoms with Gasteiger partial charge in [0, 0.05) is 5.41 Å². The molecule has 0 aliphatic rings. The van der Waals surface area contributed by atoms with E-state index in [1.807, 2.05) is 24.3 Å². The Morgan fingerprint density at radius 2 is 2.00 bits per heavy atom. The molecule has 1 heterocycles. The van der Waals surface area contributed by atoms with E-state index in [2.05, 4.69) is 25.8 Å². The summed E-state index contributed by atoms with van der Waals surface area (Å²) in [5.74, 6) is 0.898. The second-order valence-corrected chi connectivity index (χ2v) is 5.00. The van der Waals surface area contributed by atoms with Crippen molar-refractivity contribution in [2.24, 2.45) is 0 Å². The predicted molar refractivity (Wildman–Crippen MR) is 71.2 cm³/mol. The maximum Gasteiger partial charge on any atom is 0.201 e. The van der Waals surface area contributed by atoms with Gasteiger partial charge in [0.2, 0.25) is 5.89 Å². The van der Waals surface area contributed by atoms with Crippen LogP contribution in [0.5, 0.6) is 0 Å². The monoisotopic (exact) mass is 231 g/mol. The van der Waals surface area contributed by atoms with Crippen LogP contribution < -0.4 is 0 Å². The highest BCUT2D eigenvalue weighted by Crippen LogP contribution is 2.34. The number of para-hydroxylation sites is 2. The van der Waals surface area contributed by atoms with E-state index in [9.17, 15) is 0 Å². The van der Waals surface area contributed by atoms with Crippen LogP contribution >= 0.6 is 0 Å². The van der Waals surface area contributed by atoms with E-state index in [0.29, 0.717) is 0 Å². The Morgan fingerprint density at radius 3 is 2.65 bits per heavy atom. The first-order valence-corrected chi connectivity index (χ1v) is 6.55. The van der Waals surface area contributed by atoms with E-state index >= 15 is 0 Å². The van der Waals surface area contributed by atoms with Gasteiger partial charge in [-0.1, -0.05) is 45.7 Å². The zero-order valence-corrected chi connectivity index (χ0v) is 11.0. The van der Waals surface area contributed by atoms with Crippen LogP contribution in [0.4, 0.5) is 0 Å². The Labute approximate surface area is 103 Å². The van der Waals surface area contributed by atoms with Crippen molar-refractivity contribution in [3.63, 3.8) is 0 Å². The first-order chi connectivity index (χ1) is 8.19. The van der Waals surface area contributed by atoms with Gasteiger partial charge in [-0.2, -0.15) is 0 Å². The van der Waals surface area contributed by atoms with Gasteiger partial charge in [-0.05, 0) is 25.0 Å². The molecule has 2 rings (SSSR count). The molecule has 1 unspecified atom stereocenters. The molecule has 0 aliphatic carbocycles. The number of benzene rings is 1. The molecule has 92 valence electrons. The van der Waals surface area contributed by atoms with Crippen LogP contribution in [0.2, 0.25) is 0 Å².